The van der Waals surface area contributed by atoms with Crippen LogP contribution in [-0.4, -0.2) is 41.1 Å². The van der Waals surface area contributed by atoms with Crippen molar-refractivity contribution in [1.82, 2.24) is 10.2 Å². The smallest absolute Gasteiger partial charge is 0.222 e. The fourth-order valence-corrected chi connectivity index (χ4v) is 5.04. The molecule has 2 unspecified atom stereocenters. The van der Waals surface area contributed by atoms with Gasteiger partial charge in [-0.15, -0.1) is 0 Å². The first-order valence-electron chi connectivity index (χ1n) is 11.7. The van der Waals surface area contributed by atoms with Gasteiger partial charge >= 0.3 is 0 Å². The molecular weight excluding hydrogens is 400 g/mol. The Morgan fingerprint density at radius 3 is 2.53 bits per heavy atom. The zero-order valence-electron chi connectivity index (χ0n) is 18.8. The number of ketones is 1. The number of rotatable bonds is 7. The molecule has 2 aliphatic heterocycles. The first-order chi connectivity index (χ1) is 15.4. The van der Waals surface area contributed by atoms with Gasteiger partial charge in [0, 0.05) is 43.0 Å². The van der Waals surface area contributed by atoms with Crippen molar-refractivity contribution >= 4 is 17.6 Å². The molecule has 0 radical (unpaired) electrons. The highest BCUT2D eigenvalue weighted by atomic mass is 16.2. The average molecular weight is 433 g/mol. The van der Waals surface area contributed by atoms with Crippen LogP contribution in [-0.2, 0) is 16.0 Å². The van der Waals surface area contributed by atoms with E-state index in [2.05, 4.69) is 36.5 Å². The van der Waals surface area contributed by atoms with Gasteiger partial charge in [0.2, 0.25) is 11.8 Å². The molecule has 2 aromatic carbocycles. The first-order valence-corrected chi connectivity index (χ1v) is 11.7. The third-order valence-electron chi connectivity index (χ3n) is 6.92. The lowest BCUT2D eigenvalue weighted by Gasteiger charge is -2.34. The van der Waals surface area contributed by atoms with Crippen LogP contribution in [0.5, 0.6) is 0 Å². The summed E-state index contributed by atoms with van der Waals surface area (Å²) in [5.74, 6) is 0.140. The van der Waals surface area contributed by atoms with E-state index in [9.17, 15) is 14.4 Å². The van der Waals surface area contributed by atoms with E-state index in [-0.39, 0.29) is 29.1 Å². The summed E-state index contributed by atoms with van der Waals surface area (Å²) in [6.07, 6.45) is 4.68. The number of likely N-dealkylation sites (tertiary alicyclic amines) is 1. The van der Waals surface area contributed by atoms with Crippen LogP contribution in [0.15, 0.2) is 54.6 Å². The predicted molar refractivity (Wildman–Crippen MR) is 124 cm³/mol. The highest BCUT2D eigenvalue weighted by Gasteiger charge is 2.38. The summed E-state index contributed by atoms with van der Waals surface area (Å²) in [6.45, 7) is 3.25. The van der Waals surface area contributed by atoms with Crippen molar-refractivity contribution in [2.24, 2.45) is 5.92 Å². The number of carbonyl (C=O) groups excluding carboxylic acids is 3. The van der Waals surface area contributed by atoms with Crippen LogP contribution in [0.1, 0.15) is 60.0 Å². The van der Waals surface area contributed by atoms with Crippen molar-refractivity contribution in [3.8, 4) is 0 Å². The van der Waals surface area contributed by atoms with Gasteiger partial charge in [-0.25, -0.2) is 0 Å². The Labute approximate surface area is 190 Å². The second-order valence-corrected chi connectivity index (χ2v) is 9.40. The number of aryl methyl sites for hydroxylation is 1. The molecule has 2 saturated heterocycles. The average Bonchev–Trinajstić information content (AvgIpc) is 3.19. The number of nitrogens with zero attached hydrogens (tertiary/aromatic N) is 1. The number of nitrogens with one attached hydrogen (secondary N) is 1. The van der Waals surface area contributed by atoms with Crippen molar-refractivity contribution in [2.75, 3.05) is 13.1 Å². The third-order valence-corrected chi connectivity index (χ3v) is 6.92. The maximum atomic E-state index is 13.1. The molecule has 32 heavy (non-hydrogen) atoms. The summed E-state index contributed by atoms with van der Waals surface area (Å²) in [7, 11) is 0. The van der Waals surface area contributed by atoms with E-state index in [1.165, 1.54) is 11.1 Å². The molecule has 0 spiro atoms. The predicted octanol–water partition coefficient (Wildman–Crippen LogP) is 4.09. The van der Waals surface area contributed by atoms with E-state index in [0.717, 1.165) is 31.2 Å². The van der Waals surface area contributed by atoms with E-state index in [0.29, 0.717) is 32.4 Å². The monoisotopic (exact) mass is 432 g/mol. The topological polar surface area (TPSA) is 66.5 Å². The first kappa shape index (κ1) is 22.3. The maximum Gasteiger partial charge on any atom is 0.222 e. The number of amides is 2. The molecule has 5 heteroatoms. The van der Waals surface area contributed by atoms with Gasteiger partial charge < -0.3 is 10.2 Å². The van der Waals surface area contributed by atoms with Crippen LogP contribution in [0.2, 0.25) is 0 Å². The van der Waals surface area contributed by atoms with Crippen LogP contribution >= 0.6 is 0 Å². The standard InChI is InChI=1S/C27H32N2O3/c1-20-9-11-21(12-10-20)18-27(15-13-24(30)28-27)16-14-25(31)29-17-5-8-23(19-29)26(32)22-6-3-2-4-7-22/h2-4,6-7,9-12,23H,5,8,13-19H2,1H3,(H,28,30). The van der Waals surface area contributed by atoms with E-state index >= 15 is 0 Å². The quantitative estimate of drug-likeness (QED) is 0.670. The minimum Gasteiger partial charge on any atom is -0.350 e. The fourth-order valence-electron chi connectivity index (χ4n) is 5.04. The minimum absolute atomic E-state index is 0.0658. The van der Waals surface area contributed by atoms with Gasteiger partial charge in [-0.1, -0.05) is 60.2 Å². The molecule has 2 fully saturated rings. The molecular formula is C27H32N2O3. The van der Waals surface area contributed by atoms with Gasteiger partial charge in [0.05, 0.1) is 0 Å². The summed E-state index contributed by atoms with van der Waals surface area (Å²) in [6, 6.07) is 17.7. The van der Waals surface area contributed by atoms with Crippen molar-refractivity contribution < 1.29 is 14.4 Å². The zero-order chi connectivity index (χ0) is 22.6. The molecule has 1 N–H and O–H groups in total. The van der Waals surface area contributed by atoms with Crippen LogP contribution in [0, 0.1) is 12.8 Å². The van der Waals surface area contributed by atoms with Crippen molar-refractivity contribution in [2.45, 2.75) is 57.4 Å². The van der Waals surface area contributed by atoms with Crippen LogP contribution < -0.4 is 5.32 Å². The summed E-state index contributed by atoms with van der Waals surface area (Å²) >= 11 is 0. The molecule has 0 aromatic heterocycles. The lowest BCUT2D eigenvalue weighted by atomic mass is 9.84. The number of Topliss-reactive ketones (excluding diaryl/α,β-unsaturated/α-hetero) is 1. The van der Waals surface area contributed by atoms with Crippen LogP contribution in [0.25, 0.3) is 0 Å². The van der Waals surface area contributed by atoms with Gasteiger partial charge in [-0.3, -0.25) is 14.4 Å². The molecule has 2 atom stereocenters. The highest BCUT2D eigenvalue weighted by Crippen LogP contribution is 2.30. The number of piperidine rings is 1. The van der Waals surface area contributed by atoms with E-state index in [1.54, 1.807) is 0 Å². The lowest BCUT2D eigenvalue weighted by Crippen LogP contribution is -2.46. The molecule has 2 aliphatic rings. The molecule has 2 amide bonds. The summed E-state index contributed by atoms with van der Waals surface area (Å²) in [4.78, 5) is 39.9. The molecule has 5 nitrogen and oxygen atoms in total. The molecule has 0 aliphatic carbocycles. The molecule has 0 bridgehead atoms. The zero-order valence-corrected chi connectivity index (χ0v) is 18.8. The lowest BCUT2D eigenvalue weighted by molar-refractivity contribution is -0.133. The van der Waals surface area contributed by atoms with Crippen molar-refractivity contribution in [1.29, 1.82) is 0 Å². The van der Waals surface area contributed by atoms with Crippen molar-refractivity contribution in [3.63, 3.8) is 0 Å². The molecule has 4 rings (SSSR count). The van der Waals surface area contributed by atoms with Crippen LogP contribution in [0.3, 0.4) is 0 Å². The second-order valence-electron chi connectivity index (χ2n) is 9.40. The Hall–Kier alpha value is -2.95. The normalized spacial score (nSPS) is 23.1. The van der Waals surface area contributed by atoms with E-state index in [4.69, 9.17) is 0 Å². The Morgan fingerprint density at radius 1 is 1.09 bits per heavy atom. The Kier molecular flexibility index (Phi) is 6.73. The molecule has 0 saturated carbocycles. The summed E-state index contributed by atoms with van der Waals surface area (Å²) < 4.78 is 0. The summed E-state index contributed by atoms with van der Waals surface area (Å²) in [5.41, 5.74) is 2.74. The second kappa shape index (κ2) is 9.68. The minimum atomic E-state index is -0.364. The van der Waals surface area contributed by atoms with E-state index in [1.807, 2.05) is 35.2 Å². The van der Waals surface area contributed by atoms with Gasteiger partial charge in [-0.05, 0) is 44.6 Å². The van der Waals surface area contributed by atoms with Gasteiger partial charge in [-0.2, -0.15) is 0 Å². The van der Waals surface area contributed by atoms with Gasteiger partial charge in [0.15, 0.2) is 5.78 Å². The SMILES string of the molecule is Cc1ccc(CC2(CCC(=O)N3CCCC(C(=O)c4ccccc4)C3)CCC(=O)N2)cc1. The van der Waals surface area contributed by atoms with Gasteiger partial charge in [0.25, 0.3) is 0 Å². The fraction of sp³-hybridized carbons (Fsp3) is 0.444. The van der Waals surface area contributed by atoms with Crippen LogP contribution in [0.4, 0.5) is 0 Å². The van der Waals surface area contributed by atoms with Crippen molar-refractivity contribution in [3.05, 3.63) is 71.3 Å². The Bertz CT molecular complexity index is 970. The number of hydrogen-bond donors (Lipinski definition) is 1. The largest absolute Gasteiger partial charge is 0.350 e. The number of hydrogen-bond acceptors (Lipinski definition) is 3. The Morgan fingerprint density at radius 2 is 1.84 bits per heavy atom. The van der Waals surface area contributed by atoms with Gasteiger partial charge in [0.1, 0.15) is 0 Å². The molecule has 2 heterocycles. The summed E-state index contributed by atoms with van der Waals surface area (Å²) in [5, 5.41) is 3.17. The number of benzene rings is 2. The molecule has 168 valence electrons. The maximum absolute atomic E-state index is 13.1. The van der Waals surface area contributed by atoms with E-state index < -0.39 is 0 Å². The third kappa shape index (κ3) is 5.26. The number of carbonyl (C=O) groups is 3. The highest BCUT2D eigenvalue weighted by molar-refractivity contribution is 5.98. The Balaban J connectivity index is 1.38. The molecule has 2 aromatic rings.